The summed E-state index contributed by atoms with van der Waals surface area (Å²) >= 11 is 0. The Morgan fingerprint density at radius 2 is 1.79 bits per heavy atom. The molecule has 1 aromatic carbocycles. The Balaban J connectivity index is 2.52. The topological polar surface area (TPSA) is 78.9 Å². The highest BCUT2D eigenvalue weighted by molar-refractivity contribution is 7.92. The number of carbonyl (C=O) groups excluding carboxylic acids is 1. The van der Waals surface area contributed by atoms with Gasteiger partial charge in [-0.3, -0.25) is 9.10 Å². The number of benzene rings is 1. The minimum absolute atomic E-state index is 0.175. The average molecular weight is 357 g/mol. The summed E-state index contributed by atoms with van der Waals surface area (Å²) in [5.74, 6) is 0.336. The van der Waals surface area contributed by atoms with E-state index in [4.69, 9.17) is 4.74 Å². The standard InChI is InChI=1S/C16H27N3O4S/c1-13(16(20)17-11-6-12-18(2)3)23-15-9-7-14(8-10-15)19(4)24(5,21)22/h7-10,13H,6,11-12H2,1-5H3,(H,17,20)/t13-/m0/s1. The molecule has 0 aliphatic carbocycles. The van der Waals surface area contributed by atoms with Crippen molar-refractivity contribution < 1.29 is 17.9 Å². The number of ether oxygens (including phenoxy) is 1. The minimum atomic E-state index is -3.30. The van der Waals surface area contributed by atoms with Gasteiger partial charge in [0.2, 0.25) is 10.0 Å². The predicted octanol–water partition coefficient (Wildman–Crippen LogP) is 0.918. The van der Waals surface area contributed by atoms with Gasteiger partial charge in [-0.15, -0.1) is 0 Å². The van der Waals surface area contributed by atoms with E-state index in [0.717, 1.165) is 19.2 Å². The molecule has 0 saturated carbocycles. The van der Waals surface area contributed by atoms with Crippen LogP contribution in [0.25, 0.3) is 0 Å². The first-order valence-corrected chi connectivity index (χ1v) is 9.59. The molecule has 8 heteroatoms. The van der Waals surface area contributed by atoms with Gasteiger partial charge in [0, 0.05) is 13.6 Å². The van der Waals surface area contributed by atoms with Crippen molar-refractivity contribution in [2.75, 3.05) is 44.8 Å². The molecule has 0 fully saturated rings. The maximum atomic E-state index is 12.0. The number of hydrogen-bond donors (Lipinski definition) is 1. The fourth-order valence-electron chi connectivity index (χ4n) is 1.93. The van der Waals surface area contributed by atoms with Gasteiger partial charge in [0.1, 0.15) is 5.75 Å². The van der Waals surface area contributed by atoms with Crippen molar-refractivity contribution in [2.45, 2.75) is 19.4 Å². The van der Waals surface area contributed by atoms with Crippen LogP contribution < -0.4 is 14.4 Å². The molecule has 1 atom stereocenters. The van der Waals surface area contributed by atoms with Crippen LogP contribution in [0.4, 0.5) is 5.69 Å². The molecule has 136 valence electrons. The maximum Gasteiger partial charge on any atom is 0.260 e. The third-order valence-corrected chi connectivity index (χ3v) is 4.67. The van der Waals surface area contributed by atoms with Gasteiger partial charge in [0.25, 0.3) is 5.91 Å². The Hall–Kier alpha value is -1.80. The quantitative estimate of drug-likeness (QED) is 0.665. The molecule has 0 aliphatic rings. The van der Waals surface area contributed by atoms with Crippen LogP contribution in [0.3, 0.4) is 0 Å². The Labute approximate surface area is 144 Å². The van der Waals surface area contributed by atoms with Gasteiger partial charge in [0.05, 0.1) is 11.9 Å². The van der Waals surface area contributed by atoms with Crippen LogP contribution in [0.5, 0.6) is 5.75 Å². The molecule has 7 nitrogen and oxygen atoms in total. The van der Waals surface area contributed by atoms with E-state index in [1.807, 2.05) is 14.1 Å². The lowest BCUT2D eigenvalue weighted by Gasteiger charge is -2.18. The lowest BCUT2D eigenvalue weighted by molar-refractivity contribution is -0.127. The third-order valence-electron chi connectivity index (χ3n) is 3.46. The van der Waals surface area contributed by atoms with Crippen LogP contribution >= 0.6 is 0 Å². The second-order valence-corrected chi connectivity index (χ2v) is 7.95. The van der Waals surface area contributed by atoms with Crippen molar-refractivity contribution in [1.82, 2.24) is 10.2 Å². The molecule has 0 aliphatic heterocycles. The van der Waals surface area contributed by atoms with Crippen molar-refractivity contribution in [1.29, 1.82) is 0 Å². The van der Waals surface area contributed by atoms with Crippen LogP contribution in [0, 0.1) is 0 Å². The second kappa shape index (κ2) is 8.89. The van der Waals surface area contributed by atoms with Crippen molar-refractivity contribution in [3.8, 4) is 5.75 Å². The van der Waals surface area contributed by atoms with Gasteiger partial charge in [-0.2, -0.15) is 0 Å². The summed E-state index contributed by atoms with van der Waals surface area (Å²) in [4.78, 5) is 14.0. The fourth-order valence-corrected chi connectivity index (χ4v) is 2.44. The van der Waals surface area contributed by atoms with Gasteiger partial charge in [-0.25, -0.2) is 8.42 Å². The molecule has 0 heterocycles. The van der Waals surface area contributed by atoms with E-state index in [9.17, 15) is 13.2 Å². The molecule has 24 heavy (non-hydrogen) atoms. The van der Waals surface area contributed by atoms with E-state index in [0.29, 0.717) is 18.0 Å². The smallest absolute Gasteiger partial charge is 0.260 e. The Morgan fingerprint density at radius 1 is 1.21 bits per heavy atom. The molecule has 0 saturated heterocycles. The Morgan fingerprint density at radius 3 is 2.29 bits per heavy atom. The first-order chi connectivity index (χ1) is 11.1. The largest absolute Gasteiger partial charge is 0.481 e. The Kier molecular flexibility index (Phi) is 7.50. The number of carbonyl (C=O) groups is 1. The van der Waals surface area contributed by atoms with Crippen LogP contribution in [0.15, 0.2) is 24.3 Å². The highest BCUT2D eigenvalue weighted by atomic mass is 32.2. The van der Waals surface area contributed by atoms with Gasteiger partial charge in [0.15, 0.2) is 6.10 Å². The monoisotopic (exact) mass is 357 g/mol. The van der Waals surface area contributed by atoms with E-state index >= 15 is 0 Å². The molecule has 1 aromatic rings. The molecule has 1 rings (SSSR count). The Bertz CT molecular complexity index is 629. The summed E-state index contributed by atoms with van der Waals surface area (Å²) in [5, 5.41) is 2.83. The number of sulfonamides is 1. The number of nitrogens with one attached hydrogen (secondary N) is 1. The lowest BCUT2D eigenvalue weighted by Crippen LogP contribution is -2.37. The van der Waals surface area contributed by atoms with Gasteiger partial charge in [-0.1, -0.05) is 0 Å². The number of anilines is 1. The molecule has 0 aromatic heterocycles. The van der Waals surface area contributed by atoms with E-state index in [-0.39, 0.29) is 5.91 Å². The zero-order valence-electron chi connectivity index (χ0n) is 14.9. The van der Waals surface area contributed by atoms with Crippen molar-refractivity contribution >= 4 is 21.6 Å². The molecule has 0 unspecified atom stereocenters. The molecule has 1 N–H and O–H groups in total. The van der Waals surface area contributed by atoms with E-state index < -0.39 is 16.1 Å². The summed E-state index contributed by atoms with van der Waals surface area (Å²) < 4.78 is 29.7. The summed E-state index contributed by atoms with van der Waals surface area (Å²) in [5.41, 5.74) is 0.533. The number of nitrogens with zero attached hydrogens (tertiary/aromatic N) is 2. The molecule has 0 bridgehead atoms. The van der Waals surface area contributed by atoms with Gasteiger partial charge >= 0.3 is 0 Å². The summed E-state index contributed by atoms with van der Waals surface area (Å²) in [7, 11) is 2.15. The van der Waals surface area contributed by atoms with Crippen molar-refractivity contribution in [3.63, 3.8) is 0 Å². The van der Waals surface area contributed by atoms with Crippen molar-refractivity contribution in [3.05, 3.63) is 24.3 Å². The maximum absolute atomic E-state index is 12.0. The number of hydrogen-bond acceptors (Lipinski definition) is 5. The van der Waals surface area contributed by atoms with Crippen molar-refractivity contribution in [2.24, 2.45) is 0 Å². The SMILES string of the molecule is C[C@H](Oc1ccc(N(C)S(C)(=O)=O)cc1)C(=O)NCCCN(C)C. The highest BCUT2D eigenvalue weighted by Crippen LogP contribution is 2.20. The van der Waals surface area contributed by atoms with E-state index in [1.54, 1.807) is 31.2 Å². The van der Waals surface area contributed by atoms with Crippen LogP contribution in [-0.2, 0) is 14.8 Å². The predicted molar refractivity (Wildman–Crippen MR) is 96.0 cm³/mol. The van der Waals surface area contributed by atoms with E-state index in [2.05, 4.69) is 10.2 Å². The molecule has 1 amide bonds. The normalized spacial score (nSPS) is 12.8. The number of rotatable bonds is 9. The number of amides is 1. The van der Waals surface area contributed by atoms with Crippen LogP contribution in [-0.4, -0.2) is 65.8 Å². The summed E-state index contributed by atoms with van der Waals surface area (Å²) in [6, 6.07) is 6.57. The zero-order chi connectivity index (χ0) is 18.3. The van der Waals surface area contributed by atoms with Gasteiger partial charge in [-0.05, 0) is 58.3 Å². The molecule has 0 radical (unpaired) electrons. The van der Waals surface area contributed by atoms with Gasteiger partial charge < -0.3 is 15.0 Å². The summed E-state index contributed by atoms with van der Waals surface area (Å²) in [6.07, 6.45) is 1.39. The molecule has 0 spiro atoms. The first kappa shape index (κ1) is 20.2. The van der Waals surface area contributed by atoms with E-state index in [1.165, 1.54) is 11.4 Å². The first-order valence-electron chi connectivity index (χ1n) is 7.74. The average Bonchev–Trinajstić information content (AvgIpc) is 2.50. The van der Waals surface area contributed by atoms with Crippen LogP contribution in [0.2, 0.25) is 0 Å². The van der Waals surface area contributed by atoms with Crippen LogP contribution in [0.1, 0.15) is 13.3 Å². The summed E-state index contributed by atoms with van der Waals surface area (Å²) in [6.45, 7) is 3.19. The molecular weight excluding hydrogens is 330 g/mol. The molecular formula is C16H27N3O4S. The zero-order valence-corrected chi connectivity index (χ0v) is 15.8. The second-order valence-electron chi connectivity index (χ2n) is 5.93. The minimum Gasteiger partial charge on any atom is -0.481 e. The third kappa shape index (κ3) is 6.76. The highest BCUT2D eigenvalue weighted by Gasteiger charge is 2.15. The fraction of sp³-hybridized carbons (Fsp3) is 0.562. The lowest BCUT2D eigenvalue weighted by atomic mass is 10.3.